The van der Waals surface area contributed by atoms with E-state index in [2.05, 4.69) is 15.2 Å². The van der Waals surface area contributed by atoms with Gasteiger partial charge >= 0.3 is 6.18 Å². The maximum Gasteiger partial charge on any atom is 0.416 e. The third-order valence-corrected chi connectivity index (χ3v) is 5.51. The van der Waals surface area contributed by atoms with E-state index in [1.165, 1.54) is 12.3 Å². The molecule has 2 aliphatic heterocycles. The van der Waals surface area contributed by atoms with Gasteiger partial charge in [-0.2, -0.15) is 13.2 Å². The molecule has 1 unspecified atom stereocenters. The highest BCUT2D eigenvalue weighted by molar-refractivity contribution is 5.92. The monoisotopic (exact) mass is 393 g/mol. The quantitative estimate of drug-likeness (QED) is 0.869. The molecular weight excluding hydrogens is 371 g/mol. The first-order valence-corrected chi connectivity index (χ1v) is 9.51. The summed E-state index contributed by atoms with van der Waals surface area (Å²) in [5.74, 6) is -0.0763. The third kappa shape index (κ3) is 3.92. The molecule has 150 valence electrons. The number of ether oxygens (including phenoxy) is 1. The Balaban J connectivity index is 1.49. The highest BCUT2D eigenvalue weighted by Gasteiger charge is 2.32. The number of anilines is 1. The van der Waals surface area contributed by atoms with Gasteiger partial charge < -0.3 is 15.0 Å². The highest BCUT2D eigenvalue weighted by atomic mass is 19.4. The number of rotatable bonds is 3. The summed E-state index contributed by atoms with van der Waals surface area (Å²) in [4.78, 5) is 18.8. The summed E-state index contributed by atoms with van der Waals surface area (Å²) in [6, 6.07) is 5.59. The molecule has 8 heteroatoms. The van der Waals surface area contributed by atoms with Crippen LogP contribution in [0.5, 0.6) is 0 Å². The zero-order valence-corrected chi connectivity index (χ0v) is 15.3. The van der Waals surface area contributed by atoms with E-state index in [0.717, 1.165) is 37.1 Å². The number of amides is 1. The number of aromatic nitrogens is 1. The lowest BCUT2D eigenvalue weighted by Crippen LogP contribution is -2.42. The second kappa shape index (κ2) is 7.58. The fraction of sp³-hybridized carbons (Fsp3) is 0.500. The molecule has 1 aromatic heterocycles. The van der Waals surface area contributed by atoms with Crippen LogP contribution in [-0.2, 0) is 15.7 Å². The Kier molecular flexibility index (Phi) is 5.14. The summed E-state index contributed by atoms with van der Waals surface area (Å²) in [6.07, 6.45) is -0.489. The Hall–Kier alpha value is -2.35. The third-order valence-electron chi connectivity index (χ3n) is 5.51. The fourth-order valence-electron chi connectivity index (χ4n) is 3.94. The number of hydrogen-bond acceptors (Lipinski definition) is 4. The van der Waals surface area contributed by atoms with Gasteiger partial charge in [-0.05, 0) is 37.5 Å². The van der Waals surface area contributed by atoms with Gasteiger partial charge in [-0.1, -0.05) is 6.07 Å². The van der Waals surface area contributed by atoms with E-state index < -0.39 is 11.7 Å². The molecule has 1 amide bonds. The lowest BCUT2D eigenvalue weighted by atomic mass is 10.0. The van der Waals surface area contributed by atoms with Crippen molar-refractivity contribution in [2.24, 2.45) is 5.92 Å². The van der Waals surface area contributed by atoms with E-state index in [-0.39, 0.29) is 17.9 Å². The molecule has 1 atom stereocenters. The number of hydrogen-bond donors (Lipinski definition) is 1. The SMILES string of the molecule is O=C(NC1CCOCC1)C1CCN(c2ccnc3cc(C(F)(F)F)ccc23)C1. The van der Waals surface area contributed by atoms with Gasteiger partial charge in [0.1, 0.15) is 0 Å². The van der Waals surface area contributed by atoms with E-state index >= 15 is 0 Å². The molecule has 5 nitrogen and oxygen atoms in total. The molecule has 0 saturated carbocycles. The summed E-state index contributed by atoms with van der Waals surface area (Å²) in [7, 11) is 0. The predicted molar refractivity (Wildman–Crippen MR) is 99.0 cm³/mol. The molecule has 1 N–H and O–H groups in total. The molecular formula is C20H22F3N3O2. The van der Waals surface area contributed by atoms with E-state index in [9.17, 15) is 18.0 Å². The maximum absolute atomic E-state index is 13.0. The second-order valence-corrected chi connectivity index (χ2v) is 7.39. The number of pyridine rings is 1. The molecule has 2 aliphatic rings. The first-order chi connectivity index (χ1) is 13.4. The minimum absolute atomic E-state index is 0.0483. The molecule has 2 fully saturated rings. The molecule has 28 heavy (non-hydrogen) atoms. The molecule has 2 saturated heterocycles. The van der Waals surface area contributed by atoms with Crippen LogP contribution < -0.4 is 10.2 Å². The Morgan fingerprint density at radius 1 is 1.18 bits per heavy atom. The minimum atomic E-state index is -4.40. The van der Waals surface area contributed by atoms with Crippen molar-refractivity contribution in [3.05, 3.63) is 36.0 Å². The van der Waals surface area contributed by atoms with E-state index in [4.69, 9.17) is 4.74 Å². The highest BCUT2D eigenvalue weighted by Crippen LogP contribution is 2.35. The summed E-state index contributed by atoms with van der Waals surface area (Å²) in [5.41, 5.74) is 0.419. The van der Waals surface area contributed by atoms with Crippen LogP contribution in [0.15, 0.2) is 30.5 Å². The van der Waals surface area contributed by atoms with Gasteiger partial charge in [0.05, 0.1) is 17.0 Å². The van der Waals surface area contributed by atoms with Crippen molar-refractivity contribution in [1.82, 2.24) is 10.3 Å². The lowest BCUT2D eigenvalue weighted by molar-refractivity contribution is -0.137. The topological polar surface area (TPSA) is 54.5 Å². The largest absolute Gasteiger partial charge is 0.416 e. The number of nitrogens with zero attached hydrogens (tertiary/aromatic N) is 2. The second-order valence-electron chi connectivity index (χ2n) is 7.39. The normalized spacial score (nSPS) is 21.2. The average molecular weight is 393 g/mol. The number of nitrogens with one attached hydrogen (secondary N) is 1. The number of benzene rings is 1. The molecule has 0 spiro atoms. The van der Waals surface area contributed by atoms with Gasteiger partial charge in [0, 0.05) is 49.6 Å². The summed E-state index contributed by atoms with van der Waals surface area (Å²) in [6.45, 7) is 2.58. The number of halogens is 3. The van der Waals surface area contributed by atoms with Gasteiger partial charge in [-0.25, -0.2) is 0 Å². The smallest absolute Gasteiger partial charge is 0.381 e. The molecule has 0 radical (unpaired) electrons. The lowest BCUT2D eigenvalue weighted by Gasteiger charge is -2.25. The molecule has 2 aromatic rings. The van der Waals surface area contributed by atoms with Crippen LogP contribution >= 0.6 is 0 Å². The first-order valence-electron chi connectivity index (χ1n) is 9.51. The average Bonchev–Trinajstić information content (AvgIpc) is 3.17. The Morgan fingerprint density at radius 3 is 2.71 bits per heavy atom. The van der Waals surface area contributed by atoms with Crippen LogP contribution in [0.1, 0.15) is 24.8 Å². The van der Waals surface area contributed by atoms with Crippen molar-refractivity contribution in [2.75, 3.05) is 31.2 Å². The molecule has 0 aliphatic carbocycles. The summed E-state index contributed by atoms with van der Waals surface area (Å²) in [5, 5.41) is 3.78. The van der Waals surface area contributed by atoms with Gasteiger partial charge in [0.25, 0.3) is 0 Å². The van der Waals surface area contributed by atoms with Crippen LogP contribution in [-0.4, -0.2) is 43.2 Å². The van der Waals surface area contributed by atoms with E-state index in [1.807, 2.05) is 0 Å². The van der Waals surface area contributed by atoms with Crippen LogP contribution in [0, 0.1) is 5.92 Å². The van der Waals surface area contributed by atoms with E-state index in [0.29, 0.717) is 37.2 Å². The van der Waals surface area contributed by atoms with Gasteiger partial charge in [0.2, 0.25) is 5.91 Å². The van der Waals surface area contributed by atoms with Crippen molar-refractivity contribution in [3.63, 3.8) is 0 Å². The zero-order chi connectivity index (χ0) is 19.7. The Labute approximate surface area is 160 Å². The maximum atomic E-state index is 13.0. The van der Waals surface area contributed by atoms with Crippen LogP contribution in [0.4, 0.5) is 18.9 Å². The fourth-order valence-corrected chi connectivity index (χ4v) is 3.94. The minimum Gasteiger partial charge on any atom is -0.381 e. The number of alkyl halides is 3. The van der Waals surface area contributed by atoms with E-state index in [1.54, 1.807) is 6.07 Å². The number of carbonyl (C=O) groups excluding carboxylic acids is 1. The Bertz CT molecular complexity index is 865. The van der Waals surface area contributed by atoms with Gasteiger partial charge in [-0.3, -0.25) is 9.78 Å². The zero-order valence-electron chi connectivity index (χ0n) is 15.3. The molecule has 1 aromatic carbocycles. The van der Waals surface area contributed by atoms with Gasteiger partial charge in [-0.15, -0.1) is 0 Å². The first kappa shape index (κ1) is 19.0. The van der Waals surface area contributed by atoms with Crippen molar-refractivity contribution < 1.29 is 22.7 Å². The standard InChI is InChI=1S/C20H22F3N3O2/c21-20(22,23)14-1-2-16-17(11-14)24-7-3-18(16)26-8-4-13(12-26)19(27)25-15-5-9-28-10-6-15/h1-3,7,11,13,15H,4-6,8-10,12H2,(H,25,27). The summed E-state index contributed by atoms with van der Waals surface area (Å²) >= 11 is 0. The Morgan fingerprint density at radius 2 is 1.96 bits per heavy atom. The summed E-state index contributed by atoms with van der Waals surface area (Å²) < 4.78 is 44.2. The van der Waals surface area contributed by atoms with Crippen LogP contribution in [0.25, 0.3) is 10.9 Å². The van der Waals surface area contributed by atoms with Crippen molar-refractivity contribution >= 4 is 22.5 Å². The number of carbonyl (C=O) groups is 1. The van der Waals surface area contributed by atoms with Crippen LogP contribution in [0.3, 0.4) is 0 Å². The molecule has 0 bridgehead atoms. The predicted octanol–water partition coefficient (Wildman–Crippen LogP) is 3.38. The molecule has 4 rings (SSSR count). The van der Waals surface area contributed by atoms with Crippen molar-refractivity contribution in [1.29, 1.82) is 0 Å². The van der Waals surface area contributed by atoms with Crippen LogP contribution in [0.2, 0.25) is 0 Å². The van der Waals surface area contributed by atoms with Crippen molar-refractivity contribution in [3.8, 4) is 0 Å². The van der Waals surface area contributed by atoms with Crippen molar-refractivity contribution in [2.45, 2.75) is 31.5 Å². The van der Waals surface area contributed by atoms with Gasteiger partial charge in [0.15, 0.2) is 0 Å². The molecule has 3 heterocycles. The number of fused-ring (bicyclic) bond motifs is 1.